The number of rotatable bonds is 2. The molecule has 41 heavy (non-hydrogen) atoms. The molecule has 0 fully saturated rings. The average Bonchev–Trinajstić information content (AvgIpc) is 3.60. The first kappa shape index (κ1) is 22.2. The van der Waals surface area contributed by atoms with Gasteiger partial charge in [-0.15, -0.1) is 0 Å². The fourth-order valence-corrected chi connectivity index (χ4v) is 6.14. The maximum Gasteiger partial charge on any atom is 0.200 e. The minimum atomic E-state index is -0.0708. The van der Waals surface area contributed by atoms with E-state index in [1.807, 2.05) is 97.1 Å². The van der Waals surface area contributed by atoms with E-state index in [9.17, 15) is 4.79 Å². The first-order valence-corrected chi connectivity index (χ1v) is 13.5. The van der Waals surface area contributed by atoms with Crippen molar-refractivity contribution in [1.82, 2.24) is 0 Å². The largest absolute Gasteiger partial charge is 0.456 e. The second-order valence-electron chi connectivity index (χ2n) is 10.4. The lowest BCUT2D eigenvalue weighted by Gasteiger charge is -2.08. The van der Waals surface area contributed by atoms with Crippen LogP contribution in [-0.4, -0.2) is 0 Å². The zero-order valence-electron chi connectivity index (χ0n) is 21.7. The van der Waals surface area contributed by atoms with Crippen molar-refractivity contribution in [3.63, 3.8) is 0 Å². The highest BCUT2D eigenvalue weighted by molar-refractivity contribution is 6.11. The van der Waals surface area contributed by atoms with Gasteiger partial charge >= 0.3 is 0 Å². The Morgan fingerprint density at radius 1 is 0.366 bits per heavy atom. The number of hydrogen-bond donors (Lipinski definition) is 0. The van der Waals surface area contributed by atoms with Gasteiger partial charge in [-0.3, -0.25) is 4.79 Å². The van der Waals surface area contributed by atoms with Gasteiger partial charge in [0.05, 0.1) is 10.8 Å². The summed E-state index contributed by atoms with van der Waals surface area (Å²) >= 11 is 0. The minimum absolute atomic E-state index is 0.0708. The smallest absolute Gasteiger partial charge is 0.200 e. The van der Waals surface area contributed by atoms with Crippen molar-refractivity contribution >= 4 is 65.8 Å². The fourth-order valence-electron chi connectivity index (χ4n) is 6.14. The maximum atomic E-state index is 14.0. The van der Waals surface area contributed by atoms with E-state index in [-0.39, 0.29) is 5.43 Å². The molecule has 4 heteroatoms. The normalized spacial score (nSPS) is 12.0. The first-order valence-electron chi connectivity index (χ1n) is 13.5. The molecule has 0 unspecified atom stereocenters. The van der Waals surface area contributed by atoms with Crippen LogP contribution in [0.1, 0.15) is 0 Å². The van der Waals surface area contributed by atoms with Crippen molar-refractivity contribution in [2.45, 2.75) is 0 Å². The van der Waals surface area contributed by atoms with Gasteiger partial charge in [0.15, 0.2) is 0 Å². The number of fused-ring (bicyclic) bond motifs is 8. The molecule has 0 aliphatic rings. The second kappa shape index (κ2) is 8.20. The van der Waals surface area contributed by atoms with E-state index in [1.165, 1.54) is 0 Å². The standard InChI is InChI=1S/C37H20O4/c38-35-29-19-21(23-9-5-11-27-25-7-1-3-13-31(25)40-36(23)27)15-17-33(29)39-34-18-16-22(20-30(34)35)24-10-6-12-28-26-8-2-4-14-32(26)41-37(24)28/h1-20H. The number of furan rings is 2. The topological polar surface area (TPSA) is 56.5 Å². The quantitative estimate of drug-likeness (QED) is 0.210. The van der Waals surface area contributed by atoms with Gasteiger partial charge in [0.25, 0.3) is 0 Å². The molecule has 3 aromatic heterocycles. The molecule has 0 radical (unpaired) electrons. The minimum Gasteiger partial charge on any atom is -0.456 e. The van der Waals surface area contributed by atoms with Gasteiger partial charge in [0.1, 0.15) is 33.5 Å². The molecule has 4 nitrogen and oxygen atoms in total. The monoisotopic (exact) mass is 528 g/mol. The summed E-state index contributed by atoms with van der Waals surface area (Å²) in [6, 6.07) is 39.8. The van der Waals surface area contributed by atoms with E-state index in [0.29, 0.717) is 21.9 Å². The van der Waals surface area contributed by atoms with Crippen molar-refractivity contribution in [3.8, 4) is 22.3 Å². The maximum absolute atomic E-state index is 14.0. The summed E-state index contributed by atoms with van der Waals surface area (Å²) in [5, 5.41) is 5.30. The molecule has 0 amide bonds. The summed E-state index contributed by atoms with van der Waals surface area (Å²) in [5.74, 6) is 0. The summed E-state index contributed by atoms with van der Waals surface area (Å²) < 4.78 is 18.8. The van der Waals surface area contributed by atoms with Crippen LogP contribution in [0.4, 0.5) is 0 Å². The van der Waals surface area contributed by atoms with Crippen molar-refractivity contribution in [2.24, 2.45) is 0 Å². The summed E-state index contributed by atoms with van der Waals surface area (Å²) in [5.41, 5.74) is 7.99. The Morgan fingerprint density at radius 3 is 1.32 bits per heavy atom. The van der Waals surface area contributed by atoms with Crippen molar-refractivity contribution < 1.29 is 13.3 Å². The van der Waals surface area contributed by atoms with Crippen LogP contribution < -0.4 is 5.43 Å². The summed E-state index contributed by atoms with van der Waals surface area (Å²) in [7, 11) is 0. The zero-order chi connectivity index (χ0) is 27.1. The van der Waals surface area contributed by atoms with Crippen LogP contribution in [0.15, 0.2) is 139 Å². The van der Waals surface area contributed by atoms with Gasteiger partial charge in [-0.25, -0.2) is 0 Å². The van der Waals surface area contributed by atoms with Crippen LogP contribution in [0.25, 0.3) is 88.1 Å². The summed E-state index contributed by atoms with van der Waals surface area (Å²) in [4.78, 5) is 14.0. The van der Waals surface area contributed by atoms with Crippen LogP contribution >= 0.6 is 0 Å². The van der Waals surface area contributed by atoms with Crippen molar-refractivity contribution in [1.29, 1.82) is 0 Å². The SMILES string of the molecule is O=c1c2cc(-c3cccc4c3oc3ccccc34)ccc2oc2ccc(-c3cccc4c3oc3ccccc34)cc12. The predicted octanol–water partition coefficient (Wildman–Crippen LogP) is 10.1. The molecular weight excluding hydrogens is 508 g/mol. The molecule has 192 valence electrons. The molecule has 0 aliphatic heterocycles. The number of para-hydroxylation sites is 4. The third-order valence-corrected chi connectivity index (χ3v) is 8.10. The highest BCUT2D eigenvalue weighted by Gasteiger charge is 2.16. The molecule has 0 N–H and O–H groups in total. The van der Waals surface area contributed by atoms with E-state index >= 15 is 0 Å². The van der Waals surface area contributed by atoms with Gasteiger partial charge in [-0.2, -0.15) is 0 Å². The van der Waals surface area contributed by atoms with Gasteiger partial charge < -0.3 is 13.3 Å². The molecule has 0 bridgehead atoms. The molecule has 0 atom stereocenters. The average molecular weight is 529 g/mol. The third-order valence-electron chi connectivity index (χ3n) is 8.10. The highest BCUT2D eigenvalue weighted by atomic mass is 16.3. The van der Waals surface area contributed by atoms with Crippen LogP contribution in [0.5, 0.6) is 0 Å². The van der Waals surface area contributed by atoms with Crippen LogP contribution in [0.2, 0.25) is 0 Å². The van der Waals surface area contributed by atoms with E-state index in [2.05, 4.69) is 24.3 Å². The molecule has 0 aliphatic carbocycles. The fraction of sp³-hybridized carbons (Fsp3) is 0. The molecule has 6 aromatic carbocycles. The third kappa shape index (κ3) is 3.19. The Kier molecular flexibility index (Phi) is 4.44. The Balaban J connectivity index is 1.25. The molecular formula is C37H20O4. The van der Waals surface area contributed by atoms with E-state index < -0.39 is 0 Å². The lowest BCUT2D eigenvalue weighted by Crippen LogP contribution is -2.02. The summed E-state index contributed by atoms with van der Waals surface area (Å²) in [6.45, 7) is 0. The summed E-state index contributed by atoms with van der Waals surface area (Å²) in [6.07, 6.45) is 0. The Morgan fingerprint density at radius 2 is 0.805 bits per heavy atom. The van der Waals surface area contributed by atoms with E-state index in [1.54, 1.807) is 0 Å². The molecule has 9 rings (SSSR count). The Bertz CT molecular complexity index is 2390. The van der Waals surface area contributed by atoms with Crippen LogP contribution in [-0.2, 0) is 0 Å². The molecule has 0 saturated heterocycles. The molecule has 9 aromatic rings. The van der Waals surface area contributed by atoms with Gasteiger partial charge in [0, 0.05) is 32.7 Å². The van der Waals surface area contributed by atoms with Gasteiger partial charge in [-0.05, 0) is 47.5 Å². The lowest BCUT2D eigenvalue weighted by molar-refractivity contribution is 0.659. The van der Waals surface area contributed by atoms with Crippen molar-refractivity contribution in [3.05, 3.63) is 132 Å². The van der Waals surface area contributed by atoms with E-state index in [0.717, 1.165) is 66.1 Å². The molecule has 0 saturated carbocycles. The second-order valence-corrected chi connectivity index (χ2v) is 10.4. The zero-order valence-corrected chi connectivity index (χ0v) is 21.7. The Hall–Kier alpha value is -5.61. The van der Waals surface area contributed by atoms with Crippen LogP contribution in [0, 0.1) is 0 Å². The van der Waals surface area contributed by atoms with Crippen molar-refractivity contribution in [2.75, 3.05) is 0 Å². The molecule has 3 heterocycles. The number of benzene rings is 6. The van der Waals surface area contributed by atoms with Gasteiger partial charge in [0.2, 0.25) is 5.43 Å². The lowest BCUT2D eigenvalue weighted by atomic mass is 9.98. The number of hydrogen-bond acceptors (Lipinski definition) is 4. The first-order chi connectivity index (χ1) is 20.2. The van der Waals surface area contributed by atoms with E-state index in [4.69, 9.17) is 13.3 Å². The predicted molar refractivity (Wildman–Crippen MR) is 165 cm³/mol. The highest BCUT2D eigenvalue weighted by Crippen LogP contribution is 2.38. The Labute approximate surface area is 232 Å². The van der Waals surface area contributed by atoms with Crippen LogP contribution in [0.3, 0.4) is 0 Å². The van der Waals surface area contributed by atoms with Gasteiger partial charge in [-0.1, -0.05) is 84.9 Å². The molecule has 0 spiro atoms.